The first-order chi connectivity index (χ1) is 12.8. The van der Waals surface area contributed by atoms with E-state index in [4.69, 9.17) is 10.5 Å². The summed E-state index contributed by atoms with van der Waals surface area (Å²) in [6.07, 6.45) is 1.87. The first-order valence-electron chi connectivity index (χ1n) is 8.40. The lowest BCUT2D eigenvalue weighted by Crippen LogP contribution is -2.50. The maximum Gasteiger partial charge on any atom is 0.418 e. The SMILES string of the molecule is C=CCC1Oc2cccc(OC(F)F)c2-c2ccc([N+](C)(C)C(N)=O)cc21. The van der Waals surface area contributed by atoms with Crippen LogP contribution >= 0.6 is 0 Å². The number of nitrogens with two attached hydrogens (primary N) is 1. The van der Waals surface area contributed by atoms with Crippen molar-refractivity contribution in [1.82, 2.24) is 4.48 Å². The summed E-state index contributed by atoms with van der Waals surface area (Å²) in [5, 5.41) is 0. The van der Waals surface area contributed by atoms with E-state index in [2.05, 4.69) is 11.3 Å². The Morgan fingerprint density at radius 3 is 2.74 bits per heavy atom. The molecular formula is C20H21F2N2O3+. The molecule has 0 fully saturated rings. The van der Waals surface area contributed by atoms with Crippen LogP contribution in [0.25, 0.3) is 11.1 Å². The fourth-order valence-corrected chi connectivity index (χ4v) is 3.13. The molecular weight excluding hydrogens is 354 g/mol. The standard InChI is InChI=1S/C20H20F2N2O3/c1-4-6-15-14-11-12(24(2,3)20(23)25)9-10-13(14)18-16(26-15)7-5-8-17(18)27-19(21)22/h4-5,7-11,15,19H,1,6H2,2-3H3,(H-,23,25)/p+1. The molecule has 1 aliphatic heterocycles. The van der Waals surface area contributed by atoms with Crippen LogP contribution in [0, 0.1) is 0 Å². The topological polar surface area (TPSA) is 61.6 Å². The molecule has 0 saturated heterocycles. The van der Waals surface area contributed by atoms with Crippen molar-refractivity contribution in [3.63, 3.8) is 0 Å². The average Bonchev–Trinajstić information content (AvgIpc) is 2.61. The molecule has 1 aliphatic rings. The molecule has 142 valence electrons. The molecule has 7 heteroatoms. The summed E-state index contributed by atoms with van der Waals surface area (Å²) in [6, 6.07) is 9.62. The molecule has 1 heterocycles. The van der Waals surface area contributed by atoms with Crippen molar-refractivity contribution in [1.29, 1.82) is 0 Å². The summed E-state index contributed by atoms with van der Waals surface area (Å²) in [4.78, 5) is 11.8. The normalized spacial score (nSPS) is 15.5. The van der Waals surface area contributed by atoms with Crippen molar-refractivity contribution in [3.05, 3.63) is 54.6 Å². The smallest absolute Gasteiger partial charge is 0.418 e. The number of nitrogens with zero attached hydrogens (tertiary/aromatic N) is 1. The molecule has 2 N–H and O–H groups in total. The Morgan fingerprint density at radius 1 is 1.37 bits per heavy atom. The van der Waals surface area contributed by atoms with Crippen LogP contribution in [-0.2, 0) is 0 Å². The van der Waals surface area contributed by atoms with Gasteiger partial charge in [0.15, 0.2) is 0 Å². The number of primary amides is 1. The van der Waals surface area contributed by atoms with Crippen LogP contribution < -0.4 is 19.7 Å². The highest BCUT2D eigenvalue weighted by molar-refractivity contribution is 5.87. The highest BCUT2D eigenvalue weighted by atomic mass is 19.3. The molecule has 1 atom stereocenters. The van der Waals surface area contributed by atoms with E-state index in [9.17, 15) is 13.6 Å². The molecule has 2 aromatic rings. The Labute approximate surface area is 156 Å². The van der Waals surface area contributed by atoms with Crippen LogP contribution in [0.1, 0.15) is 18.1 Å². The summed E-state index contributed by atoms with van der Waals surface area (Å²) in [5.41, 5.74) is 8.11. The number of hydrogen-bond acceptors (Lipinski definition) is 3. The minimum atomic E-state index is -2.95. The fraction of sp³-hybridized carbons (Fsp3) is 0.250. The van der Waals surface area contributed by atoms with Gasteiger partial charge in [-0.2, -0.15) is 8.78 Å². The lowest BCUT2D eigenvalue weighted by Gasteiger charge is -2.31. The summed E-state index contributed by atoms with van der Waals surface area (Å²) in [7, 11) is 3.35. The minimum Gasteiger partial charge on any atom is -0.485 e. The van der Waals surface area contributed by atoms with Crippen LogP contribution in [0.3, 0.4) is 0 Å². The molecule has 27 heavy (non-hydrogen) atoms. The molecule has 0 spiro atoms. The molecule has 2 amide bonds. The molecule has 0 bridgehead atoms. The van der Waals surface area contributed by atoms with E-state index in [1.807, 2.05) is 6.07 Å². The van der Waals surface area contributed by atoms with Gasteiger partial charge >= 0.3 is 12.6 Å². The number of carbonyl (C=O) groups is 1. The van der Waals surface area contributed by atoms with E-state index >= 15 is 0 Å². The minimum absolute atomic E-state index is 0.0391. The first kappa shape index (κ1) is 18.8. The summed E-state index contributed by atoms with van der Waals surface area (Å²) in [5.74, 6) is 0.501. The number of hydrogen-bond donors (Lipinski definition) is 1. The number of quaternary nitrogens is 1. The first-order valence-corrected chi connectivity index (χ1v) is 8.40. The third-order valence-corrected chi connectivity index (χ3v) is 4.70. The van der Waals surface area contributed by atoms with Crippen molar-refractivity contribution in [2.75, 3.05) is 14.1 Å². The van der Waals surface area contributed by atoms with E-state index in [-0.39, 0.29) is 16.3 Å². The van der Waals surface area contributed by atoms with Gasteiger partial charge in [-0.05, 0) is 23.8 Å². The van der Waals surface area contributed by atoms with Gasteiger partial charge in [0.2, 0.25) is 0 Å². The van der Waals surface area contributed by atoms with E-state index in [0.29, 0.717) is 29.0 Å². The second-order valence-corrected chi connectivity index (χ2v) is 6.70. The number of carbonyl (C=O) groups excluding carboxylic acids is 1. The average molecular weight is 375 g/mol. The Bertz CT molecular complexity index is 897. The highest BCUT2D eigenvalue weighted by Gasteiger charge is 2.33. The number of fused-ring (bicyclic) bond motifs is 3. The summed E-state index contributed by atoms with van der Waals surface area (Å²) in [6.45, 7) is 0.810. The number of rotatable bonds is 5. The summed E-state index contributed by atoms with van der Waals surface area (Å²) >= 11 is 0. The van der Waals surface area contributed by atoms with Crippen LogP contribution in [0.2, 0.25) is 0 Å². The van der Waals surface area contributed by atoms with Gasteiger partial charge in [-0.15, -0.1) is 6.58 Å². The van der Waals surface area contributed by atoms with Gasteiger partial charge in [-0.25, -0.2) is 9.28 Å². The van der Waals surface area contributed by atoms with Crippen molar-refractivity contribution >= 4 is 11.7 Å². The van der Waals surface area contributed by atoms with E-state index < -0.39 is 12.6 Å². The van der Waals surface area contributed by atoms with Gasteiger partial charge in [0.25, 0.3) is 0 Å². The molecule has 0 aliphatic carbocycles. The number of halogens is 2. The maximum absolute atomic E-state index is 12.8. The van der Waals surface area contributed by atoms with Crippen molar-refractivity contribution in [2.45, 2.75) is 19.1 Å². The van der Waals surface area contributed by atoms with Crippen LogP contribution in [0.15, 0.2) is 49.1 Å². The predicted molar refractivity (Wildman–Crippen MR) is 99.9 cm³/mol. The van der Waals surface area contributed by atoms with Gasteiger partial charge in [0.1, 0.15) is 23.3 Å². The van der Waals surface area contributed by atoms with E-state index in [1.165, 1.54) is 6.07 Å². The zero-order valence-electron chi connectivity index (χ0n) is 15.1. The lowest BCUT2D eigenvalue weighted by atomic mass is 9.90. The van der Waals surface area contributed by atoms with Crippen LogP contribution in [0.5, 0.6) is 11.5 Å². The Kier molecular flexibility index (Phi) is 4.89. The second kappa shape index (κ2) is 7.00. The molecule has 2 aromatic carbocycles. The van der Waals surface area contributed by atoms with E-state index in [1.54, 1.807) is 44.4 Å². The Hall–Kier alpha value is -2.93. The Morgan fingerprint density at radius 2 is 2.11 bits per heavy atom. The molecule has 1 unspecified atom stereocenters. The molecule has 3 rings (SSSR count). The largest absolute Gasteiger partial charge is 0.485 e. The monoisotopic (exact) mass is 375 g/mol. The van der Waals surface area contributed by atoms with Gasteiger partial charge < -0.3 is 15.2 Å². The number of ether oxygens (including phenoxy) is 2. The summed E-state index contributed by atoms with van der Waals surface area (Å²) < 4.78 is 36.2. The molecule has 0 saturated carbocycles. The fourth-order valence-electron chi connectivity index (χ4n) is 3.13. The number of amides is 2. The van der Waals surface area contributed by atoms with Crippen molar-refractivity contribution in [3.8, 4) is 22.6 Å². The quantitative estimate of drug-likeness (QED) is 0.613. The highest BCUT2D eigenvalue weighted by Crippen LogP contribution is 2.49. The Balaban J connectivity index is 2.20. The van der Waals surface area contributed by atoms with Crippen LogP contribution in [0.4, 0.5) is 19.3 Å². The third kappa shape index (κ3) is 3.38. The van der Waals surface area contributed by atoms with Gasteiger partial charge in [-0.3, -0.25) is 0 Å². The predicted octanol–water partition coefficient (Wildman–Crippen LogP) is 4.61. The third-order valence-electron chi connectivity index (χ3n) is 4.70. The van der Waals surface area contributed by atoms with E-state index in [0.717, 1.165) is 5.56 Å². The molecule has 0 aromatic heterocycles. The van der Waals surface area contributed by atoms with Gasteiger partial charge in [0.05, 0.1) is 19.7 Å². The van der Waals surface area contributed by atoms with Crippen LogP contribution in [-0.4, -0.2) is 26.7 Å². The number of alkyl halides is 2. The number of urea groups is 1. The zero-order chi connectivity index (χ0) is 19.8. The zero-order valence-corrected chi connectivity index (χ0v) is 15.1. The van der Waals surface area contributed by atoms with Gasteiger partial charge in [0, 0.05) is 24.1 Å². The number of benzene rings is 2. The van der Waals surface area contributed by atoms with Crippen molar-refractivity contribution < 1.29 is 23.0 Å². The maximum atomic E-state index is 12.8. The van der Waals surface area contributed by atoms with Crippen molar-refractivity contribution in [2.24, 2.45) is 5.73 Å². The second-order valence-electron chi connectivity index (χ2n) is 6.70. The van der Waals surface area contributed by atoms with Gasteiger partial charge in [-0.1, -0.05) is 12.1 Å². The molecule has 5 nitrogen and oxygen atoms in total. The lowest BCUT2D eigenvalue weighted by molar-refractivity contribution is -0.0496. The molecule has 0 radical (unpaired) electrons.